The molecule has 0 aromatic heterocycles. The van der Waals surface area contributed by atoms with Crippen LogP contribution < -0.4 is 4.74 Å². The summed E-state index contributed by atoms with van der Waals surface area (Å²) in [5, 5.41) is 18.7. The molecular weight excluding hydrogens is 220 g/mol. The second kappa shape index (κ2) is 5.75. The molecule has 0 bridgehead atoms. The number of aliphatic hydroxyl groups excluding tert-OH is 1. The lowest BCUT2D eigenvalue weighted by Crippen LogP contribution is -1.86. The molecule has 0 heterocycles. The minimum atomic E-state index is -0.226. The van der Waals surface area contributed by atoms with Crippen LogP contribution in [0.25, 0.3) is 6.08 Å². The highest BCUT2D eigenvalue weighted by Gasteiger charge is 2.00. The van der Waals surface area contributed by atoms with Crippen LogP contribution in [0.15, 0.2) is 36.1 Å². The van der Waals surface area contributed by atoms with E-state index in [4.69, 9.17) is 4.74 Å². The van der Waals surface area contributed by atoms with Crippen molar-refractivity contribution in [1.29, 1.82) is 0 Å². The Labute approximate surface area is 99.5 Å². The number of ketones is 1. The molecular formula is C13H14O4. The van der Waals surface area contributed by atoms with Gasteiger partial charge in [-0.25, -0.2) is 0 Å². The fourth-order valence-corrected chi connectivity index (χ4v) is 1.24. The van der Waals surface area contributed by atoms with Crippen molar-refractivity contribution in [3.8, 4) is 11.5 Å². The molecule has 0 atom stereocenters. The first-order valence-corrected chi connectivity index (χ1v) is 4.99. The molecule has 90 valence electrons. The third-order valence-corrected chi connectivity index (χ3v) is 2.00. The maximum absolute atomic E-state index is 10.7. The summed E-state index contributed by atoms with van der Waals surface area (Å²) in [6.45, 7) is 1.35. The van der Waals surface area contributed by atoms with Gasteiger partial charge in [0.2, 0.25) is 0 Å². The number of hydrogen-bond acceptors (Lipinski definition) is 4. The number of allylic oxidation sites excluding steroid dienone is 2. The number of benzene rings is 1. The Morgan fingerprint density at radius 2 is 2.12 bits per heavy atom. The van der Waals surface area contributed by atoms with Crippen LogP contribution in [-0.2, 0) is 4.79 Å². The average molecular weight is 234 g/mol. The van der Waals surface area contributed by atoms with E-state index in [1.54, 1.807) is 18.2 Å². The van der Waals surface area contributed by atoms with Gasteiger partial charge in [-0.1, -0.05) is 12.1 Å². The zero-order valence-electron chi connectivity index (χ0n) is 9.68. The predicted octanol–water partition coefficient (Wildman–Crippen LogP) is 2.44. The molecule has 0 aliphatic carbocycles. The lowest BCUT2D eigenvalue weighted by Gasteiger charge is -2.03. The van der Waals surface area contributed by atoms with E-state index in [0.29, 0.717) is 5.75 Å². The molecule has 0 amide bonds. The van der Waals surface area contributed by atoms with Crippen molar-refractivity contribution in [2.45, 2.75) is 6.92 Å². The Morgan fingerprint density at radius 3 is 2.71 bits per heavy atom. The molecule has 0 saturated heterocycles. The van der Waals surface area contributed by atoms with Crippen molar-refractivity contribution >= 4 is 11.9 Å². The number of carbonyl (C=O) groups is 1. The normalized spacial score (nSPS) is 11.8. The molecule has 0 fully saturated rings. The number of aliphatic hydroxyl groups is 1. The van der Waals surface area contributed by atoms with E-state index >= 15 is 0 Å². The Kier molecular flexibility index (Phi) is 4.34. The Balaban J connectivity index is 2.89. The summed E-state index contributed by atoms with van der Waals surface area (Å²) >= 11 is 0. The number of aromatic hydroxyl groups is 1. The fourth-order valence-electron chi connectivity index (χ4n) is 1.24. The lowest BCUT2D eigenvalue weighted by molar-refractivity contribution is -0.112. The minimum Gasteiger partial charge on any atom is -0.508 e. The van der Waals surface area contributed by atoms with E-state index in [2.05, 4.69) is 0 Å². The SMILES string of the molecule is COc1cc(/C=C/C(O)=C\C(C)=O)ccc1O. The summed E-state index contributed by atoms with van der Waals surface area (Å²) in [6.07, 6.45) is 4.12. The van der Waals surface area contributed by atoms with Crippen LogP contribution >= 0.6 is 0 Å². The molecule has 0 aliphatic heterocycles. The zero-order valence-corrected chi connectivity index (χ0v) is 9.68. The van der Waals surface area contributed by atoms with Gasteiger partial charge in [-0.15, -0.1) is 0 Å². The van der Waals surface area contributed by atoms with Crippen LogP contribution in [-0.4, -0.2) is 23.1 Å². The highest BCUT2D eigenvalue weighted by Crippen LogP contribution is 2.26. The smallest absolute Gasteiger partial charge is 0.161 e. The Morgan fingerprint density at radius 1 is 1.41 bits per heavy atom. The van der Waals surface area contributed by atoms with Crippen LogP contribution in [0, 0.1) is 0 Å². The summed E-state index contributed by atoms with van der Waals surface area (Å²) < 4.78 is 4.94. The molecule has 2 N–H and O–H groups in total. The number of methoxy groups -OCH3 is 1. The highest BCUT2D eigenvalue weighted by atomic mass is 16.5. The van der Waals surface area contributed by atoms with E-state index < -0.39 is 0 Å². The topological polar surface area (TPSA) is 66.8 Å². The lowest BCUT2D eigenvalue weighted by atomic mass is 10.2. The first-order chi connectivity index (χ1) is 8.02. The number of carbonyl (C=O) groups excluding carboxylic acids is 1. The highest BCUT2D eigenvalue weighted by molar-refractivity contribution is 5.88. The number of phenols is 1. The number of phenolic OH excluding ortho intramolecular Hbond substituents is 1. The van der Waals surface area contributed by atoms with E-state index in [1.807, 2.05) is 0 Å². The van der Waals surface area contributed by atoms with E-state index in [-0.39, 0.29) is 17.3 Å². The Hall–Kier alpha value is -2.23. The van der Waals surface area contributed by atoms with Crippen LogP contribution in [0.2, 0.25) is 0 Å². The largest absolute Gasteiger partial charge is 0.508 e. The van der Waals surface area contributed by atoms with E-state index in [0.717, 1.165) is 11.6 Å². The van der Waals surface area contributed by atoms with Crippen molar-refractivity contribution in [2.75, 3.05) is 7.11 Å². The average Bonchev–Trinajstić information content (AvgIpc) is 2.27. The molecule has 0 aliphatic rings. The molecule has 0 unspecified atom stereocenters. The van der Waals surface area contributed by atoms with Gasteiger partial charge in [-0.3, -0.25) is 4.79 Å². The minimum absolute atomic E-state index is 0.0492. The maximum atomic E-state index is 10.7. The third kappa shape index (κ3) is 4.03. The summed E-state index contributed by atoms with van der Waals surface area (Å²) in [7, 11) is 1.45. The molecule has 17 heavy (non-hydrogen) atoms. The summed E-state index contributed by atoms with van der Waals surface area (Å²) in [5.74, 6) is 0.0512. The van der Waals surface area contributed by atoms with Crippen LogP contribution in [0.4, 0.5) is 0 Å². The number of ether oxygens (including phenoxy) is 1. The maximum Gasteiger partial charge on any atom is 0.161 e. The fraction of sp³-hybridized carbons (Fsp3) is 0.154. The number of hydrogen-bond donors (Lipinski definition) is 2. The summed E-state index contributed by atoms with van der Waals surface area (Å²) in [4.78, 5) is 10.7. The van der Waals surface area contributed by atoms with Gasteiger partial charge in [0, 0.05) is 6.08 Å². The van der Waals surface area contributed by atoms with Crippen molar-refractivity contribution in [3.63, 3.8) is 0 Å². The summed E-state index contributed by atoms with van der Waals surface area (Å²) in [6, 6.07) is 4.77. The van der Waals surface area contributed by atoms with Crippen LogP contribution in [0.3, 0.4) is 0 Å². The quantitative estimate of drug-likeness (QED) is 0.477. The molecule has 1 aromatic carbocycles. The molecule has 1 aromatic rings. The predicted molar refractivity (Wildman–Crippen MR) is 65.1 cm³/mol. The zero-order chi connectivity index (χ0) is 12.8. The Bertz CT molecular complexity index is 472. The van der Waals surface area contributed by atoms with Crippen molar-refractivity contribution in [1.82, 2.24) is 0 Å². The van der Waals surface area contributed by atoms with E-state index in [1.165, 1.54) is 26.2 Å². The van der Waals surface area contributed by atoms with Gasteiger partial charge >= 0.3 is 0 Å². The standard InChI is InChI=1S/C13H14O4/c1-9(14)7-11(15)5-3-10-4-6-12(16)13(8-10)17-2/h3-8,15-16H,1-2H3/b5-3+,11-7+. The first-order valence-electron chi connectivity index (χ1n) is 4.99. The molecule has 0 spiro atoms. The third-order valence-electron chi connectivity index (χ3n) is 2.00. The first kappa shape index (κ1) is 12.8. The molecule has 0 saturated carbocycles. The monoisotopic (exact) mass is 234 g/mol. The number of rotatable bonds is 4. The van der Waals surface area contributed by atoms with E-state index in [9.17, 15) is 15.0 Å². The van der Waals surface area contributed by atoms with Gasteiger partial charge in [0.1, 0.15) is 5.76 Å². The summed E-state index contributed by atoms with van der Waals surface area (Å²) in [5.41, 5.74) is 0.739. The van der Waals surface area contributed by atoms with Gasteiger partial charge in [0.15, 0.2) is 17.3 Å². The second-order valence-corrected chi connectivity index (χ2v) is 3.44. The second-order valence-electron chi connectivity index (χ2n) is 3.44. The van der Waals surface area contributed by atoms with Crippen molar-refractivity contribution in [2.24, 2.45) is 0 Å². The van der Waals surface area contributed by atoms with Crippen LogP contribution in [0.1, 0.15) is 12.5 Å². The molecule has 0 radical (unpaired) electrons. The van der Waals surface area contributed by atoms with Gasteiger partial charge in [-0.05, 0) is 30.7 Å². The molecule has 4 nitrogen and oxygen atoms in total. The molecule has 1 rings (SSSR count). The van der Waals surface area contributed by atoms with Crippen LogP contribution in [0.5, 0.6) is 11.5 Å². The van der Waals surface area contributed by atoms with Gasteiger partial charge < -0.3 is 14.9 Å². The molecule has 4 heteroatoms. The van der Waals surface area contributed by atoms with Crippen molar-refractivity contribution in [3.05, 3.63) is 41.7 Å². The van der Waals surface area contributed by atoms with Gasteiger partial charge in [0.25, 0.3) is 0 Å². The van der Waals surface area contributed by atoms with Crippen molar-refractivity contribution < 1.29 is 19.7 Å². The van der Waals surface area contributed by atoms with Gasteiger partial charge in [-0.2, -0.15) is 0 Å². The van der Waals surface area contributed by atoms with Gasteiger partial charge in [0.05, 0.1) is 7.11 Å².